The summed E-state index contributed by atoms with van der Waals surface area (Å²) in [6, 6.07) is 4.83. The van der Waals surface area contributed by atoms with Crippen molar-refractivity contribution in [3.8, 4) is 11.4 Å². The van der Waals surface area contributed by atoms with Gasteiger partial charge in [0.05, 0.1) is 5.25 Å². The molecule has 1 atom stereocenters. The molecule has 0 bridgehead atoms. The largest absolute Gasteiger partial charge is 0.433 e. The lowest BCUT2D eigenvalue weighted by atomic mass is 10.1. The summed E-state index contributed by atoms with van der Waals surface area (Å²) < 4.78 is 57.1. The molecule has 0 spiro atoms. The number of H-pyrrole nitrogens is 1. The summed E-state index contributed by atoms with van der Waals surface area (Å²) in [7, 11) is 0. The van der Waals surface area contributed by atoms with E-state index in [4.69, 9.17) is 4.52 Å². The average molecular weight is 400 g/mol. The summed E-state index contributed by atoms with van der Waals surface area (Å²) in [5.41, 5.74) is -1.35. The van der Waals surface area contributed by atoms with Crippen LogP contribution in [0.5, 0.6) is 0 Å². The quantitative estimate of drug-likeness (QED) is 0.403. The second-order valence-corrected chi connectivity index (χ2v) is 6.94. The van der Waals surface area contributed by atoms with Gasteiger partial charge in [-0.25, -0.2) is 9.37 Å². The van der Waals surface area contributed by atoms with E-state index in [9.17, 15) is 22.4 Å². The highest BCUT2D eigenvalue weighted by Gasteiger charge is 2.33. The second kappa shape index (κ2) is 7.14. The van der Waals surface area contributed by atoms with Gasteiger partial charge in [0.25, 0.3) is 5.56 Å². The van der Waals surface area contributed by atoms with Crippen LogP contribution in [0.25, 0.3) is 11.4 Å². The first-order valence-electron chi connectivity index (χ1n) is 7.59. The first-order valence-corrected chi connectivity index (χ1v) is 8.47. The third-order valence-electron chi connectivity index (χ3n) is 3.52. The number of aryl methyl sites for hydroxylation is 1. The Morgan fingerprint density at radius 1 is 1.22 bits per heavy atom. The van der Waals surface area contributed by atoms with Crippen molar-refractivity contribution in [2.75, 3.05) is 0 Å². The smallest absolute Gasteiger partial charge is 0.338 e. The molecule has 0 amide bonds. The van der Waals surface area contributed by atoms with E-state index >= 15 is 0 Å². The minimum Gasteiger partial charge on any atom is -0.338 e. The number of halogens is 4. The van der Waals surface area contributed by atoms with Gasteiger partial charge >= 0.3 is 6.18 Å². The molecule has 11 heteroatoms. The van der Waals surface area contributed by atoms with Gasteiger partial charge in [0.1, 0.15) is 5.82 Å². The molecule has 0 saturated heterocycles. The maximum Gasteiger partial charge on any atom is 0.433 e. The SMILES string of the molecule is Cc1ccc(-c2noc(C(C)Sc3nc(C(F)(F)F)cc(=O)[nH]3)n2)cc1F. The van der Waals surface area contributed by atoms with Gasteiger partial charge in [0, 0.05) is 11.6 Å². The van der Waals surface area contributed by atoms with E-state index in [1.807, 2.05) is 0 Å². The number of thioether (sulfide) groups is 1. The summed E-state index contributed by atoms with van der Waals surface area (Å²) in [6.45, 7) is 3.21. The number of benzene rings is 1. The second-order valence-electron chi connectivity index (χ2n) is 5.61. The van der Waals surface area contributed by atoms with Gasteiger partial charge < -0.3 is 9.51 Å². The Morgan fingerprint density at radius 2 is 1.96 bits per heavy atom. The Kier molecular flexibility index (Phi) is 5.05. The van der Waals surface area contributed by atoms with Gasteiger partial charge in [-0.1, -0.05) is 29.1 Å². The monoisotopic (exact) mass is 400 g/mol. The van der Waals surface area contributed by atoms with E-state index < -0.39 is 28.5 Å². The molecule has 27 heavy (non-hydrogen) atoms. The highest BCUT2D eigenvalue weighted by molar-refractivity contribution is 7.99. The summed E-state index contributed by atoms with van der Waals surface area (Å²) in [5, 5.41) is 2.92. The summed E-state index contributed by atoms with van der Waals surface area (Å²) in [4.78, 5) is 21.2. The van der Waals surface area contributed by atoms with Gasteiger partial charge in [0.15, 0.2) is 10.9 Å². The lowest BCUT2D eigenvalue weighted by molar-refractivity contribution is -0.141. The van der Waals surface area contributed by atoms with Gasteiger partial charge in [-0.3, -0.25) is 4.79 Å². The molecular weight excluding hydrogens is 388 g/mol. The molecule has 1 unspecified atom stereocenters. The fraction of sp³-hybridized carbons (Fsp3) is 0.250. The third kappa shape index (κ3) is 4.35. The number of alkyl halides is 3. The van der Waals surface area contributed by atoms with Crippen LogP contribution in [-0.2, 0) is 6.18 Å². The van der Waals surface area contributed by atoms with Crippen molar-refractivity contribution >= 4 is 11.8 Å². The fourth-order valence-electron chi connectivity index (χ4n) is 2.10. The van der Waals surface area contributed by atoms with Crippen molar-refractivity contribution in [3.05, 3.63) is 57.6 Å². The first-order chi connectivity index (χ1) is 12.6. The predicted octanol–water partition coefficient (Wildman–Crippen LogP) is 4.14. The Morgan fingerprint density at radius 3 is 2.63 bits per heavy atom. The minimum atomic E-state index is -4.74. The minimum absolute atomic E-state index is 0.0936. The maximum atomic E-state index is 13.7. The summed E-state index contributed by atoms with van der Waals surface area (Å²) >= 11 is 0.818. The molecule has 142 valence electrons. The molecular formula is C16H12F4N4O2S. The molecule has 1 aromatic carbocycles. The first kappa shape index (κ1) is 19.1. The van der Waals surface area contributed by atoms with Crippen molar-refractivity contribution in [1.82, 2.24) is 20.1 Å². The van der Waals surface area contributed by atoms with Crippen LogP contribution < -0.4 is 5.56 Å². The van der Waals surface area contributed by atoms with E-state index in [0.29, 0.717) is 17.2 Å². The van der Waals surface area contributed by atoms with Crippen molar-refractivity contribution in [1.29, 1.82) is 0 Å². The van der Waals surface area contributed by atoms with E-state index in [1.165, 1.54) is 6.07 Å². The van der Waals surface area contributed by atoms with Crippen molar-refractivity contribution in [3.63, 3.8) is 0 Å². The molecule has 0 fully saturated rings. The van der Waals surface area contributed by atoms with Crippen molar-refractivity contribution in [2.45, 2.75) is 30.4 Å². The van der Waals surface area contributed by atoms with E-state index in [2.05, 4.69) is 20.1 Å². The lowest BCUT2D eigenvalue weighted by Crippen LogP contribution is -2.17. The molecule has 0 aliphatic carbocycles. The van der Waals surface area contributed by atoms with E-state index in [0.717, 1.165) is 11.8 Å². The highest BCUT2D eigenvalue weighted by atomic mass is 32.2. The molecule has 3 aromatic rings. The Bertz CT molecular complexity index is 1030. The summed E-state index contributed by atoms with van der Waals surface area (Å²) in [6.07, 6.45) is -4.74. The number of hydrogen-bond acceptors (Lipinski definition) is 6. The lowest BCUT2D eigenvalue weighted by Gasteiger charge is -2.08. The third-order valence-corrected chi connectivity index (χ3v) is 4.49. The van der Waals surface area contributed by atoms with Crippen LogP contribution in [0, 0.1) is 12.7 Å². The topological polar surface area (TPSA) is 84.7 Å². The number of aromatic nitrogens is 4. The molecule has 0 aliphatic rings. The van der Waals surface area contributed by atoms with Gasteiger partial charge in [-0.2, -0.15) is 18.2 Å². The van der Waals surface area contributed by atoms with Gasteiger partial charge in [-0.05, 0) is 25.5 Å². The Balaban J connectivity index is 1.82. The molecule has 1 N–H and O–H groups in total. The Labute approximate surface area is 154 Å². The fourth-order valence-corrected chi connectivity index (χ4v) is 2.95. The highest BCUT2D eigenvalue weighted by Crippen LogP contribution is 2.34. The zero-order chi connectivity index (χ0) is 19.8. The number of nitrogens with one attached hydrogen (secondary N) is 1. The zero-order valence-electron chi connectivity index (χ0n) is 14.0. The normalized spacial score (nSPS) is 13.0. The molecule has 0 aliphatic heterocycles. The van der Waals surface area contributed by atoms with Crippen LogP contribution in [0.4, 0.5) is 17.6 Å². The Hall–Kier alpha value is -2.69. The van der Waals surface area contributed by atoms with E-state index in [-0.39, 0.29) is 16.9 Å². The zero-order valence-corrected chi connectivity index (χ0v) is 14.8. The average Bonchev–Trinajstić information content (AvgIpc) is 3.06. The number of nitrogens with zero attached hydrogens (tertiary/aromatic N) is 3. The molecule has 0 radical (unpaired) electrons. The van der Waals surface area contributed by atoms with Crippen LogP contribution >= 0.6 is 11.8 Å². The summed E-state index contributed by atoms with van der Waals surface area (Å²) in [5.74, 6) is -0.190. The van der Waals surface area contributed by atoms with Crippen LogP contribution in [0.15, 0.2) is 38.7 Å². The molecule has 3 rings (SSSR count). The van der Waals surface area contributed by atoms with Crippen molar-refractivity contribution < 1.29 is 22.1 Å². The number of hydrogen-bond donors (Lipinski definition) is 1. The van der Waals surface area contributed by atoms with Crippen LogP contribution in [0.2, 0.25) is 0 Å². The van der Waals surface area contributed by atoms with Gasteiger partial charge in [-0.15, -0.1) is 0 Å². The standard InChI is InChI=1S/C16H12F4N4O2S/c1-7-3-4-9(5-10(7)17)13-23-14(26-24-13)8(2)27-15-21-11(16(18,19)20)6-12(25)22-15/h3-6,8H,1-2H3,(H,21,22,25). The maximum absolute atomic E-state index is 13.7. The number of aromatic amines is 1. The van der Waals surface area contributed by atoms with Crippen LogP contribution in [0.1, 0.15) is 29.3 Å². The molecule has 0 saturated carbocycles. The number of rotatable bonds is 4. The predicted molar refractivity (Wildman–Crippen MR) is 88.6 cm³/mol. The molecule has 2 heterocycles. The van der Waals surface area contributed by atoms with E-state index in [1.54, 1.807) is 26.0 Å². The molecule has 6 nitrogen and oxygen atoms in total. The van der Waals surface area contributed by atoms with Crippen molar-refractivity contribution in [2.24, 2.45) is 0 Å². The molecule has 2 aromatic heterocycles. The van der Waals surface area contributed by atoms with Crippen LogP contribution in [-0.4, -0.2) is 20.1 Å². The van der Waals surface area contributed by atoms with Crippen LogP contribution in [0.3, 0.4) is 0 Å². The van der Waals surface area contributed by atoms with Gasteiger partial charge in [0.2, 0.25) is 11.7 Å².